The predicted octanol–water partition coefficient (Wildman–Crippen LogP) is 3.64. The molecule has 2 bridgehead atoms. The number of aliphatic hydroxyl groups is 1. The van der Waals surface area contributed by atoms with Crippen molar-refractivity contribution < 1.29 is 48.0 Å². The monoisotopic (exact) mass is 580 g/mol. The molecule has 1 N–H and O–H groups in total. The number of ether oxygens (including phenoxy) is 5. The Morgan fingerprint density at radius 1 is 0.738 bits per heavy atom. The van der Waals surface area contributed by atoms with E-state index in [4.69, 9.17) is 23.7 Å². The highest BCUT2D eigenvalue weighted by atomic mass is 16.6. The van der Waals surface area contributed by atoms with E-state index in [0.717, 1.165) is 0 Å². The molecule has 42 heavy (non-hydrogen) atoms. The quantitative estimate of drug-likeness (QED) is 0.399. The molecule has 1 spiro atoms. The Morgan fingerprint density at radius 3 is 1.74 bits per heavy atom. The van der Waals surface area contributed by atoms with Gasteiger partial charge in [-0.15, -0.1) is 0 Å². The molecule has 2 aliphatic carbocycles. The number of aliphatic hydroxyl groups excluding tert-OH is 1. The first-order valence-corrected chi connectivity index (χ1v) is 14.1. The third-order valence-corrected chi connectivity index (χ3v) is 9.03. The second kappa shape index (κ2) is 10.8. The maximum atomic E-state index is 13.5. The predicted molar refractivity (Wildman–Crippen MR) is 147 cm³/mol. The molecule has 0 amide bonds. The summed E-state index contributed by atoms with van der Waals surface area (Å²) in [6.07, 6.45) is -5.46. The molecule has 2 aromatic carbocycles. The van der Waals surface area contributed by atoms with Crippen LogP contribution in [0.15, 0.2) is 60.7 Å². The van der Waals surface area contributed by atoms with Gasteiger partial charge in [0.15, 0.2) is 6.10 Å². The summed E-state index contributed by atoms with van der Waals surface area (Å²) >= 11 is 0. The summed E-state index contributed by atoms with van der Waals surface area (Å²) in [5.41, 5.74) is -3.87. The van der Waals surface area contributed by atoms with Crippen LogP contribution in [0.25, 0.3) is 0 Å². The Labute approximate surface area is 244 Å². The van der Waals surface area contributed by atoms with Crippen molar-refractivity contribution in [3.63, 3.8) is 0 Å². The molecule has 10 heteroatoms. The van der Waals surface area contributed by atoms with E-state index in [1.807, 2.05) is 0 Å². The standard InChI is InChI=1S/C32H36O10/c1-18(33)38-23-17-16-22(35)32-26(40-28(36)20-12-8-6-9-13-20)24(30(3,4)42-32)25(39-19(2)34)27(31(23,32)5)41-29(37)21-14-10-7-11-15-21/h6-15,22-27,35H,16-17H2,1-5H3/t22-,23+,24-,25+,26-,27+,31+,32-/m1/s1. The van der Waals surface area contributed by atoms with Crippen LogP contribution in [0.5, 0.6) is 0 Å². The minimum Gasteiger partial charge on any atom is -0.462 e. The van der Waals surface area contributed by atoms with E-state index < -0.39 is 76.9 Å². The molecule has 5 rings (SSSR count). The second-order valence-electron chi connectivity index (χ2n) is 12.0. The number of benzene rings is 2. The van der Waals surface area contributed by atoms with Gasteiger partial charge in [-0.05, 0) is 57.9 Å². The number of hydrogen-bond acceptors (Lipinski definition) is 10. The molecule has 3 aliphatic rings. The first kappa shape index (κ1) is 29.7. The first-order valence-electron chi connectivity index (χ1n) is 14.1. The van der Waals surface area contributed by atoms with Gasteiger partial charge >= 0.3 is 23.9 Å². The smallest absolute Gasteiger partial charge is 0.338 e. The first-order chi connectivity index (χ1) is 19.8. The van der Waals surface area contributed by atoms with Crippen LogP contribution >= 0.6 is 0 Å². The molecule has 8 atom stereocenters. The van der Waals surface area contributed by atoms with Crippen LogP contribution in [0.3, 0.4) is 0 Å². The lowest BCUT2D eigenvalue weighted by atomic mass is 9.50. The largest absolute Gasteiger partial charge is 0.462 e. The van der Waals surface area contributed by atoms with Crippen LogP contribution in [0.2, 0.25) is 0 Å². The van der Waals surface area contributed by atoms with Crippen molar-refractivity contribution >= 4 is 23.9 Å². The van der Waals surface area contributed by atoms with Gasteiger partial charge in [0.25, 0.3) is 0 Å². The number of carbonyl (C=O) groups is 4. The lowest BCUT2D eigenvalue weighted by molar-refractivity contribution is -0.308. The average Bonchev–Trinajstić information content (AvgIpc) is 3.15. The highest BCUT2D eigenvalue weighted by molar-refractivity contribution is 5.90. The second-order valence-corrected chi connectivity index (χ2v) is 12.0. The van der Waals surface area contributed by atoms with Crippen molar-refractivity contribution in [1.82, 2.24) is 0 Å². The molecule has 0 radical (unpaired) electrons. The Hall–Kier alpha value is -3.76. The lowest BCUT2D eigenvalue weighted by Crippen LogP contribution is -2.78. The molecule has 2 saturated carbocycles. The van der Waals surface area contributed by atoms with Crippen molar-refractivity contribution in [3.05, 3.63) is 71.8 Å². The minimum atomic E-state index is -1.71. The Bertz CT molecular complexity index is 1360. The zero-order valence-corrected chi connectivity index (χ0v) is 24.3. The summed E-state index contributed by atoms with van der Waals surface area (Å²) < 4.78 is 30.9. The molecule has 3 fully saturated rings. The van der Waals surface area contributed by atoms with Gasteiger partial charge in [0.05, 0.1) is 34.2 Å². The maximum absolute atomic E-state index is 13.5. The zero-order valence-electron chi connectivity index (χ0n) is 24.3. The molecule has 1 saturated heterocycles. The molecule has 2 aromatic rings. The number of hydrogen-bond donors (Lipinski definition) is 1. The molecule has 0 aromatic heterocycles. The minimum absolute atomic E-state index is 0.146. The summed E-state index contributed by atoms with van der Waals surface area (Å²) in [7, 11) is 0. The summed E-state index contributed by atoms with van der Waals surface area (Å²) in [6, 6.07) is 16.7. The molecule has 1 heterocycles. The van der Waals surface area contributed by atoms with Crippen LogP contribution in [-0.4, -0.2) is 70.7 Å². The molecule has 1 aliphatic heterocycles. The summed E-state index contributed by atoms with van der Waals surface area (Å²) in [5.74, 6) is -3.50. The van der Waals surface area contributed by atoms with Crippen molar-refractivity contribution in [2.24, 2.45) is 11.3 Å². The normalized spacial score (nSPS) is 34.4. The highest BCUT2D eigenvalue weighted by Crippen LogP contribution is 2.66. The van der Waals surface area contributed by atoms with Gasteiger partial charge in [0.2, 0.25) is 0 Å². The van der Waals surface area contributed by atoms with Gasteiger partial charge in [0.1, 0.15) is 23.9 Å². The SMILES string of the molecule is CC(=O)O[C@H]1[C@@H]2[C@@H](OC(=O)c3ccccc3)[C@]3(OC2(C)C)[C@H](O)CC[C@H](OC(C)=O)[C@@]3(C)[C@H]1OC(=O)c1ccccc1. The number of rotatable bonds is 6. The van der Waals surface area contributed by atoms with E-state index in [-0.39, 0.29) is 24.0 Å². The van der Waals surface area contributed by atoms with Gasteiger partial charge in [-0.25, -0.2) is 9.59 Å². The van der Waals surface area contributed by atoms with E-state index in [0.29, 0.717) is 0 Å². The van der Waals surface area contributed by atoms with Crippen LogP contribution in [0.4, 0.5) is 0 Å². The van der Waals surface area contributed by atoms with E-state index in [1.54, 1.807) is 81.4 Å². The van der Waals surface area contributed by atoms with Crippen molar-refractivity contribution in [1.29, 1.82) is 0 Å². The fraction of sp³-hybridized carbons (Fsp3) is 0.500. The average molecular weight is 581 g/mol. The van der Waals surface area contributed by atoms with Gasteiger partial charge in [-0.2, -0.15) is 0 Å². The highest BCUT2D eigenvalue weighted by Gasteiger charge is 2.83. The van der Waals surface area contributed by atoms with Crippen LogP contribution in [0, 0.1) is 11.3 Å². The van der Waals surface area contributed by atoms with Crippen molar-refractivity contribution in [3.8, 4) is 0 Å². The number of esters is 4. The number of carbonyl (C=O) groups excluding carboxylic acids is 4. The topological polar surface area (TPSA) is 135 Å². The fourth-order valence-electron chi connectivity index (χ4n) is 7.38. The third-order valence-electron chi connectivity index (χ3n) is 9.03. The van der Waals surface area contributed by atoms with E-state index in [9.17, 15) is 24.3 Å². The third kappa shape index (κ3) is 4.66. The van der Waals surface area contributed by atoms with Crippen molar-refractivity contribution in [2.75, 3.05) is 0 Å². The molecular formula is C32H36O10. The van der Waals surface area contributed by atoms with Crippen LogP contribution < -0.4 is 0 Å². The van der Waals surface area contributed by atoms with Crippen molar-refractivity contribution in [2.45, 2.75) is 89.2 Å². The fourth-order valence-corrected chi connectivity index (χ4v) is 7.38. The van der Waals surface area contributed by atoms with Crippen LogP contribution in [-0.2, 0) is 33.3 Å². The maximum Gasteiger partial charge on any atom is 0.338 e. The Kier molecular flexibility index (Phi) is 7.66. The summed E-state index contributed by atoms with van der Waals surface area (Å²) in [4.78, 5) is 52.0. The molecule has 224 valence electrons. The van der Waals surface area contributed by atoms with Gasteiger partial charge in [-0.1, -0.05) is 36.4 Å². The Morgan fingerprint density at radius 2 is 1.24 bits per heavy atom. The molecule has 10 nitrogen and oxygen atoms in total. The zero-order chi connectivity index (χ0) is 30.4. The van der Waals surface area contributed by atoms with Crippen LogP contribution in [0.1, 0.15) is 68.2 Å². The van der Waals surface area contributed by atoms with E-state index >= 15 is 0 Å². The van der Waals surface area contributed by atoms with Gasteiger partial charge in [-0.3, -0.25) is 9.59 Å². The summed E-state index contributed by atoms with van der Waals surface area (Å²) in [6.45, 7) is 7.65. The van der Waals surface area contributed by atoms with E-state index in [2.05, 4.69) is 0 Å². The molecular weight excluding hydrogens is 544 g/mol. The summed E-state index contributed by atoms with van der Waals surface area (Å²) in [5, 5.41) is 11.8. The van der Waals surface area contributed by atoms with Gasteiger partial charge in [0, 0.05) is 13.8 Å². The number of fused-ring (bicyclic) bond motifs is 1. The molecule has 0 unspecified atom stereocenters. The Balaban J connectivity index is 1.71. The lowest BCUT2D eigenvalue weighted by Gasteiger charge is -2.61. The van der Waals surface area contributed by atoms with Gasteiger partial charge < -0.3 is 28.8 Å². The van der Waals surface area contributed by atoms with E-state index in [1.165, 1.54) is 13.8 Å².